The van der Waals surface area contributed by atoms with Crippen molar-refractivity contribution in [1.82, 2.24) is 49.7 Å². The topological polar surface area (TPSA) is 248 Å². The highest BCUT2D eigenvalue weighted by Crippen LogP contribution is 2.42. The molecule has 4 aromatic carbocycles. The number of hydrogen-bond acceptors (Lipinski definition) is 17. The van der Waals surface area contributed by atoms with Gasteiger partial charge >= 0.3 is 6.09 Å². The average Bonchev–Trinajstić information content (AvgIpc) is 1.66. The molecule has 2 aliphatic heterocycles. The van der Waals surface area contributed by atoms with Gasteiger partial charge in [0.2, 0.25) is 0 Å². The van der Waals surface area contributed by atoms with Crippen LogP contribution in [0.5, 0.6) is 34.5 Å². The lowest BCUT2D eigenvalue weighted by Crippen LogP contribution is -2.36. The zero-order chi connectivity index (χ0) is 64.0. The van der Waals surface area contributed by atoms with Gasteiger partial charge in [-0.1, -0.05) is 24.3 Å². The van der Waals surface area contributed by atoms with Crippen molar-refractivity contribution in [2.75, 3.05) is 61.7 Å². The molecule has 4 fully saturated rings. The number of nitrogens with one attached hydrogen (secondary N) is 5. The second-order valence-electron chi connectivity index (χ2n) is 24.8. The molecule has 6 aromatic heterocycles. The minimum absolute atomic E-state index is 0.0552. The molecular formula is C71H74N14O8. The lowest BCUT2D eigenvalue weighted by Gasteiger charge is -2.24. The van der Waals surface area contributed by atoms with Gasteiger partial charge < -0.3 is 55.2 Å². The van der Waals surface area contributed by atoms with Gasteiger partial charge in [-0.25, -0.2) is 34.1 Å². The van der Waals surface area contributed by atoms with E-state index in [0.717, 1.165) is 65.4 Å². The predicted octanol–water partition coefficient (Wildman–Crippen LogP) is 12.8. The summed E-state index contributed by atoms with van der Waals surface area (Å²) in [5.74, 6) is 7.08. The second-order valence-corrected chi connectivity index (χ2v) is 24.8. The third-order valence-corrected chi connectivity index (χ3v) is 16.6. The number of carbonyl (C=O) groups excluding carboxylic acids is 3. The number of fused-ring (bicyclic) bond motifs is 2. The summed E-state index contributed by atoms with van der Waals surface area (Å²) >= 11 is 0. The summed E-state index contributed by atoms with van der Waals surface area (Å²) in [7, 11) is 3.30. The molecule has 5 N–H and O–H groups in total. The molecule has 14 rings (SSSR count). The van der Waals surface area contributed by atoms with Crippen LogP contribution >= 0.6 is 0 Å². The second kappa shape index (κ2) is 27.1. The van der Waals surface area contributed by atoms with Gasteiger partial charge in [-0.15, -0.1) is 0 Å². The van der Waals surface area contributed by atoms with Crippen LogP contribution in [-0.4, -0.2) is 120 Å². The monoisotopic (exact) mass is 1250 g/mol. The standard InChI is InChI=1S/C38H41N7O5.C33H33N7O3/c1-38(2,3)50-37(47)44-20-17-28(23-44)41-34-33-31(16-19-40-35(33)45(43-34)22-24-5-11-29(48-4)12-6-24)49-30-13-9-26(10-14-30)36(46)42-32-21-27(15-18-39-32)25-7-8-25;1-42-26-8-2-21(3-9-26)20-40-32-30(31(39-40)37-25-13-15-34-19-25)28(14-17-36-32)43-27-10-6-23(7-11-27)33(41)38-29-18-24(12-16-35-29)22-4-5-22/h5-6,9-16,18-19,21,25,28H,7-8,17,20,22-23H2,1-4H3,(H,41,43)(H,39,42,46);2-3,6-12,14,16-18,22,25,34H,4-5,13,15,19-20H2,1H3,(H,37,39)(H,35,38,41)/t28-;25-/m11/s1. The quantitative estimate of drug-likeness (QED) is 0.0476. The maximum Gasteiger partial charge on any atom is 0.410 e. The summed E-state index contributed by atoms with van der Waals surface area (Å²) in [5.41, 5.74) is 6.33. The molecule has 8 heterocycles. The van der Waals surface area contributed by atoms with Gasteiger partial charge in [-0.3, -0.25) is 9.59 Å². The van der Waals surface area contributed by atoms with E-state index in [1.165, 1.54) is 36.8 Å². The van der Waals surface area contributed by atoms with Gasteiger partial charge in [0.25, 0.3) is 11.8 Å². The van der Waals surface area contributed by atoms with Crippen LogP contribution in [0.2, 0.25) is 0 Å². The molecule has 22 heteroatoms. The number of nitrogens with zero attached hydrogens (tertiary/aromatic N) is 9. The minimum Gasteiger partial charge on any atom is -0.497 e. The smallest absolute Gasteiger partial charge is 0.410 e. The van der Waals surface area contributed by atoms with Crippen LogP contribution in [0.1, 0.15) is 114 Å². The predicted molar refractivity (Wildman–Crippen MR) is 355 cm³/mol. The van der Waals surface area contributed by atoms with Gasteiger partial charge in [0.1, 0.15) is 62.5 Å². The zero-order valence-electron chi connectivity index (χ0n) is 52.6. The molecule has 0 unspecified atom stereocenters. The maximum atomic E-state index is 13.0. The van der Waals surface area contributed by atoms with Crippen molar-refractivity contribution in [3.63, 3.8) is 0 Å². The number of pyridine rings is 4. The van der Waals surface area contributed by atoms with Crippen LogP contribution < -0.4 is 45.5 Å². The lowest BCUT2D eigenvalue weighted by molar-refractivity contribution is 0.0293. The van der Waals surface area contributed by atoms with Gasteiger partial charge in [-0.2, -0.15) is 10.2 Å². The highest BCUT2D eigenvalue weighted by molar-refractivity contribution is 6.04. The fourth-order valence-electron chi connectivity index (χ4n) is 11.4. The summed E-state index contributed by atoms with van der Waals surface area (Å²) in [6, 6.07) is 41.6. The summed E-state index contributed by atoms with van der Waals surface area (Å²) in [5, 5.41) is 27.8. The van der Waals surface area contributed by atoms with E-state index in [4.69, 9.17) is 38.9 Å². The molecule has 22 nitrogen and oxygen atoms in total. The number of carbonyl (C=O) groups is 3. The fraction of sp³-hybridized carbons (Fsp3) is 0.310. The molecule has 0 radical (unpaired) electrons. The molecule has 0 bridgehead atoms. The number of likely N-dealkylation sites (tertiary alicyclic amines) is 1. The van der Waals surface area contributed by atoms with E-state index in [9.17, 15) is 14.4 Å². The third-order valence-electron chi connectivity index (χ3n) is 16.6. The molecule has 2 saturated carbocycles. The molecule has 2 aliphatic carbocycles. The number of aromatic nitrogens is 8. The average molecular weight is 1250 g/mol. The van der Waals surface area contributed by atoms with E-state index < -0.39 is 5.60 Å². The Labute approximate surface area is 538 Å². The summed E-state index contributed by atoms with van der Waals surface area (Å²) in [6.45, 7) is 9.48. The van der Waals surface area contributed by atoms with E-state index in [-0.39, 0.29) is 30.0 Å². The first-order valence-electron chi connectivity index (χ1n) is 31.5. The van der Waals surface area contributed by atoms with Crippen molar-refractivity contribution < 1.29 is 38.1 Å². The summed E-state index contributed by atoms with van der Waals surface area (Å²) < 4.78 is 32.8. The molecule has 10 aromatic rings. The fourth-order valence-corrected chi connectivity index (χ4v) is 11.4. The first kappa shape index (κ1) is 61.3. The van der Waals surface area contributed by atoms with Crippen molar-refractivity contribution >= 4 is 63.2 Å². The third kappa shape index (κ3) is 15.1. The first-order valence-corrected chi connectivity index (χ1v) is 31.5. The van der Waals surface area contributed by atoms with E-state index in [2.05, 4.69) is 41.5 Å². The molecule has 2 atom stereocenters. The molecule has 93 heavy (non-hydrogen) atoms. The normalized spacial score (nSPS) is 16.1. The zero-order valence-corrected chi connectivity index (χ0v) is 52.6. The maximum absolute atomic E-state index is 13.0. The van der Waals surface area contributed by atoms with E-state index >= 15 is 0 Å². The highest BCUT2D eigenvalue weighted by atomic mass is 16.6. The molecule has 476 valence electrons. The Kier molecular flexibility index (Phi) is 17.8. The van der Waals surface area contributed by atoms with Crippen molar-refractivity contribution in [3.8, 4) is 34.5 Å². The summed E-state index contributed by atoms with van der Waals surface area (Å²) in [6.07, 6.45) is 13.1. The molecule has 0 spiro atoms. The minimum atomic E-state index is -0.572. The Bertz CT molecular complexity index is 4290. The molecule has 4 aliphatic rings. The highest BCUT2D eigenvalue weighted by Gasteiger charge is 2.32. The molecular weight excluding hydrogens is 1180 g/mol. The van der Waals surface area contributed by atoms with Crippen LogP contribution in [0.3, 0.4) is 0 Å². The van der Waals surface area contributed by atoms with E-state index in [1.54, 1.807) is 98.5 Å². The van der Waals surface area contributed by atoms with Crippen molar-refractivity contribution in [3.05, 3.63) is 192 Å². The van der Waals surface area contributed by atoms with E-state index in [0.29, 0.717) is 101 Å². The number of amides is 3. The van der Waals surface area contributed by atoms with Gasteiger partial charge in [0.15, 0.2) is 22.9 Å². The number of benzene rings is 4. The number of anilines is 4. The van der Waals surface area contributed by atoms with Crippen LogP contribution in [0.4, 0.5) is 28.1 Å². The molecule has 2 saturated heterocycles. The van der Waals surface area contributed by atoms with Crippen LogP contribution in [0, 0.1) is 0 Å². The lowest BCUT2D eigenvalue weighted by atomic mass is 10.1. The first-order chi connectivity index (χ1) is 45.2. The van der Waals surface area contributed by atoms with Crippen LogP contribution in [0.15, 0.2) is 158 Å². The number of hydrogen-bond donors (Lipinski definition) is 5. The Hall–Kier alpha value is -10.6. The van der Waals surface area contributed by atoms with Crippen LogP contribution in [-0.2, 0) is 17.8 Å². The Morgan fingerprint density at radius 3 is 1.42 bits per heavy atom. The largest absolute Gasteiger partial charge is 0.497 e. The molecule has 3 amide bonds. The van der Waals surface area contributed by atoms with E-state index in [1.807, 2.05) is 109 Å². The van der Waals surface area contributed by atoms with Crippen molar-refractivity contribution in [1.29, 1.82) is 0 Å². The SMILES string of the molecule is COc1ccc(Cn2nc(N[C@@H]3CCN(C(=O)OC(C)(C)C)C3)c3c(Oc4ccc(C(=O)Nc5cc(C6CC6)ccn5)cc4)ccnc32)cc1.COc1ccc(Cn2nc(N[C@@H]3CCNC3)c3c(Oc4ccc(C(=O)Nc5cc(C6CC6)ccn5)cc4)ccnc32)cc1. The van der Waals surface area contributed by atoms with Crippen LogP contribution in [0.25, 0.3) is 22.1 Å². The van der Waals surface area contributed by atoms with Crippen molar-refractivity contribution in [2.24, 2.45) is 0 Å². The summed E-state index contributed by atoms with van der Waals surface area (Å²) in [4.78, 5) is 58.5. The van der Waals surface area contributed by atoms with Gasteiger partial charge in [0.05, 0.1) is 27.3 Å². The Morgan fingerprint density at radius 1 is 0.538 bits per heavy atom. The van der Waals surface area contributed by atoms with Gasteiger partial charge in [-0.05, 0) is 197 Å². The van der Waals surface area contributed by atoms with Gasteiger partial charge in [0, 0.05) is 79.8 Å². The van der Waals surface area contributed by atoms with Crippen molar-refractivity contribution in [2.45, 2.75) is 102 Å². The number of methoxy groups -OCH3 is 2. The Balaban J connectivity index is 0.000000171. The number of rotatable bonds is 20. The Morgan fingerprint density at radius 2 is 0.989 bits per heavy atom. The number of ether oxygens (including phenoxy) is 5.